The van der Waals surface area contributed by atoms with Crippen molar-refractivity contribution in [3.05, 3.63) is 28.5 Å². The molecule has 0 unspecified atom stereocenters. The van der Waals surface area contributed by atoms with Gasteiger partial charge in [-0.2, -0.15) is 0 Å². The number of nitrogens with one attached hydrogen (secondary N) is 1. The van der Waals surface area contributed by atoms with Crippen LogP contribution in [-0.4, -0.2) is 36.1 Å². The van der Waals surface area contributed by atoms with E-state index in [9.17, 15) is 0 Å². The summed E-state index contributed by atoms with van der Waals surface area (Å²) in [6.45, 7) is 9.06. The second-order valence-electron chi connectivity index (χ2n) is 5.34. The Hall–Kier alpha value is 0.130. The molecule has 20 heavy (non-hydrogen) atoms. The van der Waals surface area contributed by atoms with Gasteiger partial charge >= 0.3 is 0 Å². The minimum Gasteiger partial charge on any atom is -0.314 e. The molecule has 6 heteroatoms. The summed E-state index contributed by atoms with van der Waals surface area (Å²) in [5.41, 5.74) is 1.38. The van der Waals surface area contributed by atoms with Gasteiger partial charge in [0.15, 0.2) is 0 Å². The molecule has 116 valence electrons. The van der Waals surface area contributed by atoms with Crippen molar-refractivity contribution in [1.82, 2.24) is 15.2 Å². The molecule has 0 aliphatic carbocycles. The van der Waals surface area contributed by atoms with Crippen molar-refractivity contribution in [2.24, 2.45) is 5.92 Å². The van der Waals surface area contributed by atoms with Crippen molar-refractivity contribution in [3.8, 4) is 0 Å². The van der Waals surface area contributed by atoms with Crippen LogP contribution in [0.3, 0.4) is 0 Å². The molecule has 0 saturated carbocycles. The zero-order chi connectivity index (χ0) is 13.0. The largest absolute Gasteiger partial charge is 0.314 e. The van der Waals surface area contributed by atoms with Crippen LogP contribution in [0, 0.1) is 5.92 Å². The lowest BCUT2D eigenvalue weighted by Gasteiger charge is -2.36. The quantitative estimate of drug-likeness (QED) is 0.802. The molecule has 0 amide bonds. The van der Waals surface area contributed by atoms with Gasteiger partial charge in [0.1, 0.15) is 4.60 Å². The molecule has 0 bridgehead atoms. The Bertz CT molecular complexity index is 384. The van der Waals surface area contributed by atoms with E-state index in [1.54, 1.807) is 0 Å². The van der Waals surface area contributed by atoms with Crippen LogP contribution in [0.4, 0.5) is 0 Å². The van der Waals surface area contributed by atoms with E-state index in [1.165, 1.54) is 12.0 Å². The maximum Gasteiger partial charge on any atom is 0.106 e. The van der Waals surface area contributed by atoms with E-state index in [0.717, 1.165) is 30.8 Å². The van der Waals surface area contributed by atoms with Gasteiger partial charge in [-0.25, -0.2) is 4.98 Å². The first kappa shape index (κ1) is 20.1. The lowest BCUT2D eigenvalue weighted by molar-refractivity contribution is 0.154. The number of hydrogen-bond acceptors (Lipinski definition) is 3. The van der Waals surface area contributed by atoms with Crippen molar-refractivity contribution >= 4 is 40.7 Å². The van der Waals surface area contributed by atoms with Crippen molar-refractivity contribution in [3.63, 3.8) is 0 Å². The molecule has 0 aromatic carbocycles. The number of piperazine rings is 1. The van der Waals surface area contributed by atoms with Crippen LogP contribution in [0.2, 0.25) is 0 Å². The molecule has 1 N–H and O–H groups in total. The van der Waals surface area contributed by atoms with Gasteiger partial charge in [-0.1, -0.05) is 13.8 Å². The second kappa shape index (κ2) is 9.96. The number of hydrogen-bond donors (Lipinski definition) is 1. The molecular formula is C14H24BrCl2N3. The van der Waals surface area contributed by atoms with Gasteiger partial charge in [0.25, 0.3) is 0 Å². The molecule has 0 spiro atoms. The molecule has 1 aromatic rings. The van der Waals surface area contributed by atoms with Crippen molar-refractivity contribution < 1.29 is 0 Å². The molecule has 1 saturated heterocycles. The Morgan fingerprint density at radius 1 is 1.30 bits per heavy atom. The molecule has 1 aliphatic rings. The lowest BCUT2D eigenvalue weighted by Crippen LogP contribution is -2.45. The summed E-state index contributed by atoms with van der Waals surface area (Å²) in [6, 6.07) is 4.83. The Balaban J connectivity index is 0.00000180. The minimum absolute atomic E-state index is 0. The predicted molar refractivity (Wildman–Crippen MR) is 93.1 cm³/mol. The third-order valence-electron chi connectivity index (χ3n) is 3.42. The highest BCUT2D eigenvalue weighted by atomic mass is 79.9. The molecule has 1 aromatic heterocycles. The maximum absolute atomic E-state index is 4.23. The number of rotatable bonds is 4. The molecule has 1 fully saturated rings. The lowest BCUT2D eigenvalue weighted by atomic mass is 9.96. The van der Waals surface area contributed by atoms with E-state index in [0.29, 0.717) is 12.0 Å². The Labute approximate surface area is 142 Å². The average Bonchev–Trinajstić information content (AvgIpc) is 2.37. The monoisotopic (exact) mass is 383 g/mol. The van der Waals surface area contributed by atoms with E-state index >= 15 is 0 Å². The van der Waals surface area contributed by atoms with Crippen LogP contribution in [0.1, 0.15) is 31.9 Å². The average molecular weight is 385 g/mol. The number of halogens is 3. The maximum atomic E-state index is 4.23. The molecule has 2 rings (SSSR count). The Kier molecular flexibility index (Phi) is 10.0. The fourth-order valence-corrected chi connectivity index (χ4v) is 2.94. The summed E-state index contributed by atoms with van der Waals surface area (Å²) in [5, 5.41) is 3.42. The fourth-order valence-electron chi connectivity index (χ4n) is 2.56. The first-order chi connectivity index (χ1) is 8.66. The first-order valence-electron chi connectivity index (χ1n) is 6.73. The summed E-state index contributed by atoms with van der Waals surface area (Å²) in [5.74, 6) is 0.705. The third kappa shape index (κ3) is 5.86. The fraction of sp³-hybridized carbons (Fsp3) is 0.643. The van der Waals surface area contributed by atoms with Crippen LogP contribution in [0.25, 0.3) is 0 Å². The van der Waals surface area contributed by atoms with Gasteiger partial charge in [-0.15, -0.1) is 24.8 Å². The SMILES string of the molecule is CC(C)C[C@H](c1ccnc(Br)c1)N1CCNCC1.Cl.Cl. The topological polar surface area (TPSA) is 28.2 Å². The highest BCUT2D eigenvalue weighted by Crippen LogP contribution is 2.28. The van der Waals surface area contributed by atoms with Gasteiger partial charge in [-0.3, -0.25) is 4.90 Å². The van der Waals surface area contributed by atoms with E-state index < -0.39 is 0 Å². The third-order valence-corrected chi connectivity index (χ3v) is 3.86. The van der Waals surface area contributed by atoms with Crippen LogP contribution in [0.15, 0.2) is 22.9 Å². The van der Waals surface area contributed by atoms with Crippen LogP contribution in [-0.2, 0) is 0 Å². The van der Waals surface area contributed by atoms with Crippen LogP contribution < -0.4 is 5.32 Å². The highest BCUT2D eigenvalue weighted by molar-refractivity contribution is 9.10. The van der Waals surface area contributed by atoms with Crippen LogP contribution >= 0.6 is 40.7 Å². The standard InChI is InChI=1S/C14H22BrN3.2ClH/c1-11(2)9-13(18-7-5-16-6-8-18)12-3-4-17-14(15)10-12;;/h3-4,10-11,13,16H,5-9H2,1-2H3;2*1H/t13-;;/m1../s1. The van der Waals surface area contributed by atoms with Gasteiger partial charge in [0.05, 0.1) is 0 Å². The van der Waals surface area contributed by atoms with E-state index in [1.807, 2.05) is 6.20 Å². The predicted octanol–water partition coefficient (Wildman–Crippen LogP) is 3.68. The molecule has 1 aliphatic heterocycles. The summed E-state index contributed by atoms with van der Waals surface area (Å²) >= 11 is 3.48. The van der Waals surface area contributed by atoms with Gasteiger partial charge in [-0.05, 0) is 46.0 Å². The van der Waals surface area contributed by atoms with Gasteiger partial charge in [0.2, 0.25) is 0 Å². The van der Waals surface area contributed by atoms with Crippen molar-refractivity contribution in [1.29, 1.82) is 0 Å². The van der Waals surface area contributed by atoms with E-state index in [-0.39, 0.29) is 24.8 Å². The smallest absolute Gasteiger partial charge is 0.106 e. The van der Waals surface area contributed by atoms with Crippen LogP contribution in [0.5, 0.6) is 0 Å². The number of aromatic nitrogens is 1. The van der Waals surface area contributed by atoms with Gasteiger partial charge < -0.3 is 5.32 Å². The Morgan fingerprint density at radius 2 is 1.95 bits per heavy atom. The molecule has 0 radical (unpaired) electrons. The summed E-state index contributed by atoms with van der Waals surface area (Å²) in [6.07, 6.45) is 3.10. The van der Waals surface area contributed by atoms with E-state index in [2.05, 4.69) is 57.1 Å². The molecule has 3 nitrogen and oxygen atoms in total. The highest BCUT2D eigenvalue weighted by Gasteiger charge is 2.23. The summed E-state index contributed by atoms with van der Waals surface area (Å²) in [7, 11) is 0. The zero-order valence-electron chi connectivity index (χ0n) is 12.0. The Morgan fingerprint density at radius 3 is 2.50 bits per heavy atom. The zero-order valence-corrected chi connectivity index (χ0v) is 15.2. The van der Waals surface area contributed by atoms with Crippen molar-refractivity contribution in [2.75, 3.05) is 26.2 Å². The summed E-state index contributed by atoms with van der Waals surface area (Å²) < 4.78 is 0.934. The number of pyridine rings is 1. The number of nitrogens with zero attached hydrogens (tertiary/aromatic N) is 2. The molecular weight excluding hydrogens is 361 g/mol. The van der Waals surface area contributed by atoms with Crippen molar-refractivity contribution in [2.45, 2.75) is 26.3 Å². The normalized spacial score (nSPS) is 17.2. The molecule has 2 heterocycles. The summed E-state index contributed by atoms with van der Waals surface area (Å²) in [4.78, 5) is 6.83. The van der Waals surface area contributed by atoms with Gasteiger partial charge in [0, 0.05) is 38.4 Å². The first-order valence-corrected chi connectivity index (χ1v) is 7.52. The van der Waals surface area contributed by atoms with E-state index in [4.69, 9.17) is 0 Å². The second-order valence-corrected chi connectivity index (χ2v) is 6.16. The minimum atomic E-state index is 0. The molecule has 1 atom stereocenters.